The molecule has 9 heteroatoms. The van der Waals surface area contributed by atoms with Crippen molar-refractivity contribution >= 4 is 46.4 Å². The SMILES string of the molecule is Cl.NCC(NC(=O)CSCc1cc(=O)n2ccsc2n1)C1CCCCC1. The lowest BCUT2D eigenvalue weighted by molar-refractivity contribution is -0.119. The number of amides is 1. The Hall–Kier alpha value is -1.09. The molecule has 3 rings (SSSR count). The molecule has 0 saturated heterocycles. The highest BCUT2D eigenvalue weighted by atomic mass is 35.5. The highest BCUT2D eigenvalue weighted by Gasteiger charge is 2.23. The van der Waals surface area contributed by atoms with Gasteiger partial charge in [0.2, 0.25) is 5.91 Å². The van der Waals surface area contributed by atoms with E-state index in [1.54, 1.807) is 6.20 Å². The predicted molar refractivity (Wildman–Crippen MR) is 110 cm³/mol. The summed E-state index contributed by atoms with van der Waals surface area (Å²) < 4.78 is 1.53. The minimum atomic E-state index is -0.0770. The van der Waals surface area contributed by atoms with Gasteiger partial charge in [0.25, 0.3) is 5.56 Å². The van der Waals surface area contributed by atoms with E-state index in [4.69, 9.17) is 5.73 Å². The summed E-state index contributed by atoms with van der Waals surface area (Å²) in [6, 6.07) is 1.62. The van der Waals surface area contributed by atoms with Gasteiger partial charge in [-0.2, -0.15) is 0 Å². The van der Waals surface area contributed by atoms with E-state index < -0.39 is 0 Å². The molecule has 0 spiro atoms. The van der Waals surface area contributed by atoms with Gasteiger partial charge in [-0.05, 0) is 18.8 Å². The Morgan fingerprint density at radius 3 is 2.92 bits per heavy atom. The van der Waals surface area contributed by atoms with Crippen molar-refractivity contribution in [3.05, 3.63) is 33.7 Å². The maximum absolute atomic E-state index is 12.2. The monoisotopic (exact) mass is 416 g/mol. The van der Waals surface area contributed by atoms with Crippen molar-refractivity contribution in [2.24, 2.45) is 11.7 Å². The maximum Gasteiger partial charge on any atom is 0.258 e. The Labute approximate surface area is 167 Å². The second kappa shape index (κ2) is 10.3. The minimum absolute atomic E-state index is 0. The molecule has 1 aliphatic rings. The predicted octanol–water partition coefficient (Wildman–Crippen LogP) is 2.43. The third-order valence-electron chi connectivity index (χ3n) is 4.66. The van der Waals surface area contributed by atoms with Crippen molar-refractivity contribution < 1.29 is 4.79 Å². The zero-order chi connectivity index (χ0) is 17.6. The number of halogens is 1. The van der Waals surface area contributed by atoms with Crippen molar-refractivity contribution in [3.8, 4) is 0 Å². The third-order valence-corrected chi connectivity index (χ3v) is 6.38. The van der Waals surface area contributed by atoms with Gasteiger partial charge in [-0.15, -0.1) is 35.5 Å². The average Bonchev–Trinajstić information content (AvgIpc) is 3.09. The standard InChI is InChI=1S/C17H24N4O2S2.ClH/c18-9-14(12-4-2-1-3-5-12)20-15(22)11-24-10-13-8-16(23)21-6-7-25-17(21)19-13;/h6-8,12,14H,1-5,9-11,18H2,(H,20,22);1H. The van der Waals surface area contributed by atoms with Crippen molar-refractivity contribution in [2.75, 3.05) is 12.3 Å². The first-order valence-corrected chi connectivity index (χ1v) is 10.7. The lowest BCUT2D eigenvalue weighted by Crippen LogP contribution is -2.46. The van der Waals surface area contributed by atoms with Gasteiger partial charge >= 0.3 is 0 Å². The molecule has 3 N–H and O–H groups in total. The first-order valence-electron chi connectivity index (χ1n) is 8.70. The molecule has 2 aromatic rings. The Morgan fingerprint density at radius 2 is 2.19 bits per heavy atom. The molecule has 1 aliphatic carbocycles. The van der Waals surface area contributed by atoms with Crippen LogP contribution in [-0.4, -0.2) is 33.6 Å². The molecule has 0 radical (unpaired) electrons. The number of aromatic nitrogens is 2. The summed E-state index contributed by atoms with van der Waals surface area (Å²) in [5, 5.41) is 4.93. The second-order valence-corrected chi connectivity index (χ2v) is 8.30. The number of carbonyl (C=O) groups excluding carboxylic acids is 1. The van der Waals surface area contributed by atoms with Crippen LogP contribution in [-0.2, 0) is 10.5 Å². The quantitative estimate of drug-likeness (QED) is 0.723. The summed E-state index contributed by atoms with van der Waals surface area (Å²) in [7, 11) is 0. The van der Waals surface area contributed by atoms with E-state index in [9.17, 15) is 9.59 Å². The summed E-state index contributed by atoms with van der Waals surface area (Å²) in [6.07, 6.45) is 7.79. The molecule has 1 atom stereocenters. The maximum atomic E-state index is 12.2. The molecule has 2 heterocycles. The van der Waals surface area contributed by atoms with Crippen LogP contribution in [0, 0.1) is 5.92 Å². The fourth-order valence-electron chi connectivity index (χ4n) is 3.36. The molecule has 1 saturated carbocycles. The van der Waals surface area contributed by atoms with Crippen LogP contribution in [0.5, 0.6) is 0 Å². The van der Waals surface area contributed by atoms with Crippen LogP contribution in [0.15, 0.2) is 22.4 Å². The summed E-state index contributed by atoms with van der Waals surface area (Å²) in [4.78, 5) is 29.3. The molecular formula is C17H25ClN4O2S2. The number of fused-ring (bicyclic) bond motifs is 1. The van der Waals surface area contributed by atoms with E-state index in [0.717, 1.165) is 12.8 Å². The van der Waals surface area contributed by atoms with E-state index >= 15 is 0 Å². The zero-order valence-electron chi connectivity index (χ0n) is 14.6. The highest BCUT2D eigenvalue weighted by molar-refractivity contribution is 7.99. The molecule has 1 fully saturated rings. The van der Waals surface area contributed by atoms with Crippen LogP contribution in [0.4, 0.5) is 0 Å². The van der Waals surface area contributed by atoms with E-state index in [-0.39, 0.29) is 29.9 Å². The van der Waals surface area contributed by atoms with Gasteiger partial charge in [0.05, 0.1) is 11.4 Å². The first-order chi connectivity index (χ1) is 12.2. The van der Waals surface area contributed by atoms with Gasteiger partial charge in [-0.1, -0.05) is 19.3 Å². The average molecular weight is 417 g/mol. The lowest BCUT2D eigenvalue weighted by atomic mass is 9.84. The van der Waals surface area contributed by atoms with Gasteiger partial charge in [0.1, 0.15) is 0 Å². The molecule has 0 aromatic carbocycles. The number of thioether (sulfide) groups is 1. The van der Waals surface area contributed by atoms with Gasteiger partial charge in [0, 0.05) is 36.0 Å². The molecule has 6 nitrogen and oxygen atoms in total. The van der Waals surface area contributed by atoms with Gasteiger partial charge in [0.15, 0.2) is 4.96 Å². The zero-order valence-corrected chi connectivity index (χ0v) is 17.0. The molecule has 2 aromatic heterocycles. The van der Waals surface area contributed by atoms with Gasteiger partial charge < -0.3 is 11.1 Å². The smallest absolute Gasteiger partial charge is 0.258 e. The van der Waals surface area contributed by atoms with Crippen LogP contribution in [0.3, 0.4) is 0 Å². The first kappa shape index (κ1) is 21.2. The van der Waals surface area contributed by atoms with Crippen LogP contribution in [0.1, 0.15) is 37.8 Å². The number of nitrogens with zero attached hydrogens (tertiary/aromatic N) is 2. The molecule has 0 bridgehead atoms. The molecule has 1 amide bonds. The van der Waals surface area contributed by atoms with Gasteiger partial charge in [-0.25, -0.2) is 4.98 Å². The second-order valence-electron chi connectivity index (χ2n) is 6.44. The number of nitrogens with two attached hydrogens (primary N) is 1. The van der Waals surface area contributed by atoms with Crippen LogP contribution < -0.4 is 16.6 Å². The lowest BCUT2D eigenvalue weighted by Gasteiger charge is -2.30. The van der Waals surface area contributed by atoms with Gasteiger partial charge in [-0.3, -0.25) is 14.0 Å². The summed E-state index contributed by atoms with van der Waals surface area (Å²) in [6.45, 7) is 0.494. The number of rotatable bonds is 7. The van der Waals surface area contributed by atoms with Crippen molar-refractivity contribution in [1.29, 1.82) is 0 Å². The fourth-order valence-corrected chi connectivity index (χ4v) is 4.83. The highest BCUT2D eigenvalue weighted by Crippen LogP contribution is 2.26. The third kappa shape index (κ3) is 5.45. The number of hydrogen-bond donors (Lipinski definition) is 2. The normalized spacial score (nSPS) is 16.2. The summed E-state index contributed by atoms with van der Waals surface area (Å²) in [5.41, 5.74) is 6.50. The Bertz CT molecular complexity index is 773. The summed E-state index contributed by atoms with van der Waals surface area (Å²) >= 11 is 2.91. The molecule has 0 aliphatic heterocycles. The molecular weight excluding hydrogens is 392 g/mol. The summed E-state index contributed by atoms with van der Waals surface area (Å²) in [5.74, 6) is 1.43. The minimum Gasteiger partial charge on any atom is -0.351 e. The van der Waals surface area contributed by atoms with E-state index in [0.29, 0.717) is 34.6 Å². The van der Waals surface area contributed by atoms with Crippen LogP contribution in [0.25, 0.3) is 4.96 Å². The number of nitrogens with one attached hydrogen (secondary N) is 1. The van der Waals surface area contributed by atoms with E-state index in [1.807, 2.05) is 5.38 Å². The fraction of sp³-hybridized carbons (Fsp3) is 0.588. The Kier molecular flexibility index (Phi) is 8.40. The van der Waals surface area contributed by atoms with E-state index in [1.165, 1.54) is 52.8 Å². The number of hydrogen-bond acceptors (Lipinski definition) is 6. The molecule has 26 heavy (non-hydrogen) atoms. The van der Waals surface area contributed by atoms with E-state index in [2.05, 4.69) is 10.3 Å². The topological polar surface area (TPSA) is 89.5 Å². The number of carbonyl (C=O) groups is 1. The Balaban J connectivity index is 0.00000243. The van der Waals surface area contributed by atoms with Crippen molar-refractivity contribution in [2.45, 2.75) is 43.9 Å². The van der Waals surface area contributed by atoms with Crippen molar-refractivity contribution in [1.82, 2.24) is 14.7 Å². The van der Waals surface area contributed by atoms with Crippen LogP contribution >= 0.6 is 35.5 Å². The molecule has 1 unspecified atom stereocenters. The molecule has 144 valence electrons. The Morgan fingerprint density at radius 1 is 1.42 bits per heavy atom. The van der Waals surface area contributed by atoms with Crippen LogP contribution in [0.2, 0.25) is 0 Å². The largest absolute Gasteiger partial charge is 0.351 e. The van der Waals surface area contributed by atoms with Crippen molar-refractivity contribution in [3.63, 3.8) is 0 Å². The number of thiazole rings is 1.